The van der Waals surface area contributed by atoms with E-state index < -0.39 is 106 Å². The van der Waals surface area contributed by atoms with Crippen molar-refractivity contribution in [3.8, 4) is 0 Å². The highest BCUT2D eigenvalue weighted by Crippen LogP contribution is 2.57. The summed E-state index contributed by atoms with van der Waals surface area (Å²) in [5, 5.41) is 69.6. The molecule has 2 heterocycles. The molecule has 0 unspecified atom stereocenters. The number of carbonyl (C=O) groups is 4. The van der Waals surface area contributed by atoms with Crippen LogP contribution in [0.5, 0.6) is 0 Å². The number of non-ortho nitro benzene ring substituents is 2. The number of aliphatic hydroxyl groups is 3. The summed E-state index contributed by atoms with van der Waals surface area (Å²) in [6.45, 7) is 11.5. The molecule has 21 heteroatoms. The minimum absolute atomic E-state index is 0.115. The van der Waals surface area contributed by atoms with Gasteiger partial charge in [0.05, 0.1) is 9.85 Å². The van der Waals surface area contributed by atoms with Gasteiger partial charge in [0.2, 0.25) is 22.5 Å². The van der Waals surface area contributed by atoms with Gasteiger partial charge in [-0.05, 0) is 77.6 Å². The summed E-state index contributed by atoms with van der Waals surface area (Å²) in [5.74, 6) is -9.71. The molecule has 2 aliphatic rings. The van der Waals surface area contributed by atoms with E-state index in [1.807, 2.05) is 51.1 Å². The number of nitrogens with zero attached hydrogens (tertiary/aromatic N) is 4. The molecule has 0 spiro atoms. The molecule has 2 saturated heterocycles. The predicted molar refractivity (Wildman–Crippen MR) is 249 cm³/mol. The molecule has 21 nitrogen and oxygen atoms in total. The van der Waals surface area contributed by atoms with Crippen LogP contribution >= 0.6 is 0 Å². The molecule has 71 heavy (non-hydrogen) atoms. The van der Waals surface area contributed by atoms with Crippen LogP contribution in [0, 0.1) is 43.4 Å². The number of hydrogen-bond acceptors (Lipinski definition) is 18. The summed E-state index contributed by atoms with van der Waals surface area (Å²) >= 11 is 0. The third-order valence-electron chi connectivity index (χ3n) is 12.5. The number of hydrogen-bond donors (Lipinski definition) is 3. The normalized spacial score (nSPS) is 24.4. The van der Waals surface area contributed by atoms with Gasteiger partial charge in [0.25, 0.3) is 17.0 Å². The Morgan fingerprint density at radius 2 is 1.46 bits per heavy atom. The van der Waals surface area contributed by atoms with Gasteiger partial charge < -0.3 is 43.7 Å². The zero-order chi connectivity index (χ0) is 52.3. The van der Waals surface area contributed by atoms with Crippen molar-refractivity contribution in [1.29, 1.82) is 5.39 Å². The highest BCUT2D eigenvalue weighted by atomic mass is 16.8. The molecule has 3 N–H and O–H groups in total. The van der Waals surface area contributed by atoms with Crippen molar-refractivity contribution in [2.75, 3.05) is 0 Å². The van der Waals surface area contributed by atoms with Crippen molar-refractivity contribution in [2.45, 2.75) is 121 Å². The number of esters is 4. The van der Waals surface area contributed by atoms with E-state index in [0.717, 1.165) is 42.3 Å². The summed E-state index contributed by atoms with van der Waals surface area (Å²) in [6.07, 6.45) is -4.55. The Hall–Kier alpha value is -7.38. The first kappa shape index (κ1) is 54.6. The summed E-state index contributed by atoms with van der Waals surface area (Å²) in [5.41, 5.74) is -6.51. The Bertz CT molecular complexity index is 2550. The highest BCUT2D eigenvalue weighted by Gasteiger charge is 2.86. The lowest BCUT2D eigenvalue weighted by Gasteiger charge is -2.50. The topological polar surface area (TPSA) is 299 Å². The molecule has 10 atom stereocenters. The fourth-order valence-corrected chi connectivity index (χ4v) is 8.67. The molecule has 0 aromatic heterocycles. The Balaban J connectivity index is 1.67. The SMILES string of the molecule is C=C(CC[C@]12O[C@H](/C(O)=C/[N+]#N)[C@@](O)(C(=O)OCc3ccc([N+](=O)[O-])cc3)[C@](C(=O)OCc3ccc([N+](=O)[O-])cc3)(O1)[C@H](OC(=O)/C=C/[C@@H](C)C[C@@H](C)CC)[C@H]2O)[C@@H](OC(C)=O)[C@H](C)Cc1ccccc1. The maximum Gasteiger partial charge on any atom is 0.390 e. The molecule has 5 rings (SSSR count). The van der Waals surface area contributed by atoms with E-state index in [0.29, 0.717) is 19.0 Å². The Labute approximate surface area is 408 Å². The van der Waals surface area contributed by atoms with Gasteiger partial charge in [-0.3, -0.25) is 25.0 Å². The van der Waals surface area contributed by atoms with Crippen LogP contribution in [0.3, 0.4) is 0 Å². The molecule has 0 saturated carbocycles. The summed E-state index contributed by atoms with van der Waals surface area (Å²) in [6, 6.07) is 18.6. The number of ether oxygens (including phenoxy) is 6. The first-order valence-corrected chi connectivity index (χ1v) is 22.7. The van der Waals surface area contributed by atoms with Gasteiger partial charge in [-0.15, -0.1) is 0 Å². The van der Waals surface area contributed by atoms with Crippen molar-refractivity contribution in [2.24, 2.45) is 17.8 Å². The lowest BCUT2D eigenvalue weighted by Crippen LogP contribution is -2.77. The quantitative estimate of drug-likeness (QED) is 0.0124. The number of nitro benzene ring substituents is 2. The van der Waals surface area contributed by atoms with E-state index >= 15 is 4.79 Å². The van der Waals surface area contributed by atoms with E-state index in [1.54, 1.807) is 6.92 Å². The first-order valence-electron chi connectivity index (χ1n) is 22.7. The Morgan fingerprint density at radius 1 is 0.901 bits per heavy atom. The lowest BCUT2D eigenvalue weighted by atomic mass is 9.73. The van der Waals surface area contributed by atoms with Gasteiger partial charge in [0.1, 0.15) is 25.4 Å². The van der Waals surface area contributed by atoms with Crippen molar-refractivity contribution in [1.82, 2.24) is 0 Å². The fraction of sp³-hybridized carbons (Fsp3) is 0.440. The molecule has 2 fully saturated rings. The van der Waals surface area contributed by atoms with E-state index in [2.05, 4.69) is 11.6 Å². The number of allylic oxidation sites excluding steroid dienone is 1. The van der Waals surface area contributed by atoms with Crippen LogP contribution in [0.15, 0.2) is 115 Å². The van der Waals surface area contributed by atoms with E-state index in [4.69, 9.17) is 28.4 Å². The number of diazo groups is 1. The molecule has 0 amide bonds. The third kappa shape index (κ3) is 12.3. The number of aliphatic hydroxyl groups excluding tert-OH is 2. The maximum absolute atomic E-state index is 15.2. The van der Waals surface area contributed by atoms with Gasteiger partial charge in [-0.25, -0.2) is 14.4 Å². The van der Waals surface area contributed by atoms with Crippen LogP contribution in [0.2, 0.25) is 0 Å². The van der Waals surface area contributed by atoms with Crippen LogP contribution in [-0.2, 0) is 67.2 Å². The molecule has 3 aromatic carbocycles. The van der Waals surface area contributed by atoms with Gasteiger partial charge in [0.15, 0.2) is 17.2 Å². The first-order chi connectivity index (χ1) is 33.6. The van der Waals surface area contributed by atoms with Crippen molar-refractivity contribution >= 4 is 35.3 Å². The lowest BCUT2D eigenvalue weighted by molar-refractivity contribution is -0.385. The molecule has 2 aliphatic heterocycles. The standard InChI is InChI=1S/C50H56N4O17/c1-7-30(2)25-31(3)13-22-41(57)69-45-43(58)48(24-23-32(4)42(68-34(6)55)33(5)26-35-11-9-8-10-12-35)70-44(40(56)27-52-51)49(61,46(59)66-28-36-14-18-38(19-15-36)53(62)63)50(45,71-48)47(60)67-29-37-16-20-39(21-17-37)54(64)65/h8-22,27,30-31,33,42-45,58,61H,4,7,23-26,28-29H2,1-3,5-6H3/p+1/b22-13+,40-27-/t30-,31+,33+,42+,43+,44+,45+,48-,49+,50-/m0/s1. The van der Waals surface area contributed by atoms with Crippen LogP contribution < -0.4 is 0 Å². The fourth-order valence-electron chi connectivity index (χ4n) is 8.67. The highest BCUT2D eigenvalue weighted by molar-refractivity contribution is 5.96. The summed E-state index contributed by atoms with van der Waals surface area (Å²) in [4.78, 5) is 80.6. The van der Waals surface area contributed by atoms with Crippen LogP contribution in [-0.4, -0.2) is 90.4 Å². The Morgan fingerprint density at radius 3 is 1.99 bits per heavy atom. The second kappa shape index (κ2) is 23.5. The van der Waals surface area contributed by atoms with Gasteiger partial charge in [0, 0.05) is 49.6 Å². The van der Waals surface area contributed by atoms with Crippen LogP contribution in [0.4, 0.5) is 11.4 Å². The number of nitro groups is 2. The van der Waals surface area contributed by atoms with Crippen molar-refractivity contribution in [3.05, 3.63) is 157 Å². The van der Waals surface area contributed by atoms with Crippen LogP contribution in [0.25, 0.3) is 4.98 Å². The largest absolute Gasteiger partial charge is 0.503 e. The van der Waals surface area contributed by atoms with Crippen molar-refractivity contribution in [3.63, 3.8) is 0 Å². The van der Waals surface area contributed by atoms with Gasteiger partial charge >= 0.3 is 30.1 Å². The van der Waals surface area contributed by atoms with Crippen molar-refractivity contribution < 1.29 is 72.8 Å². The molecule has 3 aromatic rings. The van der Waals surface area contributed by atoms with E-state index in [-0.39, 0.29) is 46.3 Å². The zero-order valence-electron chi connectivity index (χ0n) is 39.8. The predicted octanol–water partition coefficient (Wildman–Crippen LogP) is 7.19. The third-order valence-corrected chi connectivity index (χ3v) is 12.5. The number of rotatable bonds is 23. The molecular weight excluding hydrogens is 929 g/mol. The number of fused-ring (bicyclic) bond motifs is 2. The molecule has 0 radical (unpaired) electrons. The van der Waals surface area contributed by atoms with Crippen LogP contribution in [0.1, 0.15) is 77.0 Å². The zero-order valence-corrected chi connectivity index (χ0v) is 39.8. The monoisotopic (exact) mass is 985 g/mol. The molecule has 378 valence electrons. The number of carbonyl (C=O) groups excluding carboxylic acids is 4. The van der Waals surface area contributed by atoms with E-state index in [9.17, 15) is 55.3 Å². The van der Waals surface area contributed by atoms with Gasteiger partial charge in [-0.2, -0.15) is 0 Å². The Kier molecular flexibility index (Phi) is 18.0. The second-order valence-electron chi connectivity index (χ2n) is 17.8. The van der Waals surface area contributed by atoms with Gasteiger partial charge in [-0.1, -0.05) is 77.1 Å². The molecular formula is C50H57N4O17+. The minimum atomic E-state index is -3.77. The van der Waals surface area contributed by atoms with E-state index in [1.165, 1.54) is 37.3 Å². The smallest absolute Gasteiger partial charge is 0.390 e. The summed E-state index contributed by atoms with van der Waals surface area (Å²) < 4.78 is 35.4. The summed E-state index contributed by atoms with van der Waals surface area (Å²) in [7, 11) is 0. The minimum Gasteiger partial charge on any atom is -0.503 e. The maximum atomic E-state index is 15.2. The average molecular weight is 986 g/mol. The molecule has 2 bridgehead atoms. The molecule has 0 aliphatic carbocycles. The average Bonchev–Trinajstić information content (AvgIpc) is 3.55. The number of benzene rings is 3. The second-order valence-corrected chi connectivity index (χ2v) is 17.8.